The quantitative estimate of drug-likeness (QED) is 0.874. The van der Waals surface area contributed by atoms with Crippen LogP contribution in [0.15, 0.2) is 48.5 Å². The van der Waals surface area contributed by atoms with Gasteiger partial charge in [0, 0.05) is 30.8 Å². The maximum absolute atomic E-state index is 13.6. The number of rotatable bonds is 3. The number of halogens is 2. The third-order valence-electron chi connectivity index (χ3n) is 4.37. The summed E-state index contributed by atoms with van der Waals surface area (Å²) in [5.74, 6) is -1.77. The number of likely N-dealkylation sites (tertiary alicyclic amines) is 1. The molecular formula is C19H19F2N3O2. The fourth-order valence-corrected chi connectivity index (χ4v) is 2.90. The lowest BCUT2D eigenvalue weighted by Gasteiger charge is -2.31. The van der Waals surface area contributed by atoms with E-state index in [1.54, 1.807) is 0 Å². The van der Waals surface area contributed by atoms with E-state index in [-0.39, 0.29) is 17.5 Å². The number of para-hydroxylation sites is 1. The van der Waals surface area contributed by atoms with Gasteiger partial charge in [-0.2, -0.15) is 0 Å². The number of hydrogen-bond acceptors (Lipinski definition) is 2. The summed E-state index contributed by atoms with van der Waals surface area (Å²) in [6, 6.07) is 11.7. The van der Waals surface area contributed by atoms with Crippen molar-refractivity contribution in [2.75, 3.05) is 23.7 Å². The summed E-state index contributed by atoms with van der Waals surface area (Å²) in [4.78, 5) is 26.0. The lowest BCUT2D eigenvalue weighted by atomic mass is 9.96. The minimum Gasteiger partial charge on any atom is -0.326 e. The van der Waals surface area contributed by atoms with Gasteiger partial charge < -0.3 is 15.5 Å². The normalized spacial score (nSPS) is 14.8. The molecule has 0 radical (unpaired) electrons. The number of piperidine rings is 1. The van der Waals surface area contributed by atoms with Crippen LogP contribution in [0.5, 0.6) is 0 Å². The second-order valence-electron chi connectivity index (χ2n) is 6.17. The molecule has 7 heteroatoms. The van der Waals surface area contributed by atoms with Crippen molar-refractivity contribution in [3.63, 3.8) is 0 Å². The van der Waals surface area contributed by atoms with Gasteiger partial charge in [0.2, 0.25) is 5.91 Å². The summed E-state index contributed by atoms with van der Waals surface area (Å²) in [6.07, 6.45) is 1.05. The monoisotopic (exact) mass is 359 g/mol. The smallest absolute Gasteiger partial charge is 0.321 e. The standard InChI is InChI=1S/C19H19F2N3O2/c20-14-6-7-17(16(21)12-14)23-19(26)24-10-8-13(9-11-24)18(25)22-15-4-2-1-3-5-15/h1-7,12-13H,8-11H2,(H,22,25)(H,23,26). The highest BCUT2D eigenvalue weighted by Crippen LogP contribution is 2.21. The van der Waals surface area contributed by atoms with Crippen LogP contribution in [0.25, 0.3) is 0 Å². The minimum absolute atomic E-state index is 0.0687. The molecule has 3 rings (SSSR count). The molecule has 0 aromatic heterocycles. The summed E-state index contributed by atoms with van der Waals surface area (Å²) in [7, 11) is 0. The van der Waals surface area contributed by atoms with Gasteiger partial charge in [0.25, 0.3) is 0 Å². The van der Waals surface area contributed by atoms with Crippen LogP contribution in [-0.4, -0.2) is 29.9 Å². The van der Waals surface area contributed by atoms with Crippen molar-refractivity contribution in [2.24, 2.45) is 5.92 Å². The van der Waals surface area contributed by atoms with E-state index >= 15 is 0 Å². The molecule has 1 heterocycles. The molecule has 0 unspecified atom stereocenters. The Balaban J connectivity index is 1.51. The van der Waals surface area contributed by atoms with Crippen LogP contribution in [0.4, 0.5) is 25.0 Å². The van der Waals surface area contributed by atoms with Crippen molar-refractivity contribution in [3.05, 3.63) is 60.2 Å². The Morgan fingerprint density at radius 1 is 0.962 bits per heavy atom. The molecule has 0 spiro atoms. The number of nitrogens with one attached hydrogen (secondary N) is 2. The Morgan fingerprint density at radius 2 is 1.65 bits per heavy atom. The summed E-state index contributed by atoms with van der Waals surface area (Å²) in [6.45, 7) is 0.781. The second kappa shape index (κ2) is 7.95. The fourth-order valence-electron chi connectivity index (χ4n) is 2.90. The molecule has 26 heavy (non-hydrogen) atoms. The van der Waals surface area contributed by atoms with Gasteiger partial charge in [-0.15, -0.1) is 0 Å². The van der Waals surface area contributed by atoms with Gasteiger partial charge in [-0.25, -0.2) is 13.6 Å². The van der Waals surface area contributed by atoms with Crippen molar-refractivity contribution < 1.29 is 18.4 Å². The van der Waals surface area contributed by atoms with Gasteiger partial charge in [-0.05, 0) is 37.1 Å². The Kier molecular flexibility index (Phi) is 5.46. The topological polar surface area (TPSA) is 61.4 Å². The predicted octanol–water partition coefficient (Wildman–Crippen LogP) is 3.85. The molecular weight excluding hydrogens is 340 g/mol. The summed E-state index contributed by atoms with van der Waals surface area (Å²) >= 11 is 0. The second-order valence-corrected chi connectivity index (χ2v) is 6.17. The SMILES string of the molecule is O=C(Nc1ccccc1)C1CCN(C(=O)Nc2ccc(F)cc2F)CC1. The van der Waals surface area contributed by atoms with Crippen LogP contribution >= 0.6 is 0 Å². The zero-order valence-corrected chi connectivity index (χ0v) is 14.0. The Morgan fingerprint density at radius 3 is 2.31 bits per heavy atom. The van der Waals surface area contributed by atoms with Crippen molar-refractivity contribution in [3.8, 4) is 0 Å². The average Bonchev–Trinajstić information content (AvgIpc) is 2.65. The molecule has 2 N–H and O–H groups in total. The number of carbonyl (C=O) groups is 2. The van der Waals surface area contributed by atoms with E-state index < -0.39 is 17.7 Å². The lowest BCUT2D eigenvalue weighted by molar-refractivity contribution is -0.121. The van der Waals surface area contributed by atoms with E-state index in [9.17, 15) is 18.4 Å². The van der Waals surface area contributed by atoms with E-state index in [4.69, 9.17) is 0 Å². The minimum atomic E-state index is -0.824. The number of anilines is 2. The number of benzene rings is 2. The van der Waals surface area contributed by atoms with E-state index in [0.29, 0.717) is 25.9 Å². The molecule has 1 aliphatic heterocycles. The molecule has 0 saturated carbocycles. The maximum atomic E-state index is 13.6. The van der Waals surface area contributed by atoms with Gasteiger partial charge in [0.1, 0.15) is 11.6 Å². The first-order valence-corrected chi connectivity index (χ1v) is 8.40. The summed E-state index contributed by atoms with van der Waals surface area (Å²) in [5, 5.41) is 5.30. The molecule has 5 nitrogen and oxygen atoms in total. The van der Waals surface area contributed by atoms with Crippen LogP contribution < -0.4 is 10.6 Å². The molecule has 0 aliphatic carbocycles. The number of carbonyl (C=O) groups excluding carboxylic acids is 2. The van der Waals surface area contributed by atoms with Crippen molar-refractivity contribution in [1.82, 2.24) is 4.90 Å². The average molecular weight is 359 g/mol. The van der Waals surface area contributed by atoms with E-state index in [1.807, 2.05) is 30.3 Å². The zero-order valence-electron chi connectivity index (χ0n) is 14.0. The molecule has 2 aromatic carbocycles. The first-order valence-electron chi connectivity index (χ1n) is 8.40. The van der Waals surface area contributed by atoms with E-state index in [0.717, 1.165) is 17.8 Å². The van der Waals surface area contributed by atoms with Gasteiger partial charge in [-0.1, -0.05) is 18.2 Å². The van der Waals surface area contributed by atoms with Crippen molar-refractivity contribution >= 4 is 23.3 Å². The highest BCUT2D eigenvalue weighted by molar-refractivity contribution is 5.93. The van der Waals surface area contributed by atoms with Crippen LogP contribution in [0.3, 0.4) is 0 Å². The van der Waals surface area contributed by atoms with Crippen LogP contribution in [0.2, 0.25) is 0 Å². The Hall–Kier alpha value is -2.96. The third kappa shape index (κ3) is 4.36. The molecule has 1 fully saturated rings. The summed E-state index contributed by atoms with van der Waals surface area (Å²) in [5.41, 5.74) is 0.671. The lowest BCUT2D eigenvalue weighted by Crippen LogP contribution is -2.43. The first-order chi connectivity index (χ1) is 12.5. The summed E-state index contributed by atoms with van der Waals surface area (Å²) < 4.78 is 26.5. The molecule has 136 valence electrons. The van der Waals surface area contributed by atoms with Gasteiger partial charge in [0.05, 0.1) is 5.69 Å². The van der Waals surface area contributed by atoms with Crippen molar-refractivity contribution in [1.29, 1.82) is 0 Å². The molecule has 1 aliphatic rings. The van der Waals surface area contributed by atoms with Crippen LogP contribution in [0, 0.1) is 17.6 Å². The number of nitrogens with zero attached hydrogens (tertiary/aromatic N) is 1. The zero-order chi connectivity index (χ0) is 18.5. The van der Waals surface area contributed by atoms with Gasteiger partial charge in [0.15, 0.2) is 0 Å². The highest BCUT2D eigenvalue weighted by Gasteiger charge is 2.27. The Bertz CT molecular complexity index is 791. The van der Waals surface area contributed by atoms with Crippen LogP contribution in [0.1, 0.15) is 12.8 Å². The van der Waals surface area contributed by atoms with Gasteiger partial charge >= 0.3 is 6.03 Å². The molecule has 0 bridgehead atoms. The molecule has 2 aromatic rings. The third-order valence-corrected chi connectivity index (χ3v) is 4.37. The van der Waals surface area contributed by atoms with Crippen molar-refractivity contribution in [2.45, 2.75) is 12.8 Å². The molecule has 3 amide bonds. The largest absolute Gasteiger partial charge is 0.326 e. The fraction of sp³-hybridized carbons (Fsp3) is 0.263. The van der Waals surface area contributed by atoms with Crippen LogP contribution in [-0.2, 0) is 4.79 Å². The number of urea groups is 1. The highest BCUT2D eigenvalue weighted by atomic mass is 19.1. The van der Waals surface area contributed by atoms with Gasteiger partial charge in [-0.3, -0.25) is 4.79 Å². The number of amides is 3. The molecule has 1 saturated heterocycles. The number of hydrogen-bond donors (Lipinski definition) is 2. The maximum Gasteiger partial charge on any atom is 0.321 e. The van der Waals surface area contributed by atoms with E-state index in [2.05, 4.69) is 10.6 Å². The predicted molar refractivity (Wildman–Crippen MR) is 94.7 cm³/mol. The molecule has 0 atom stereocenters. The first kappa shape index (κ1) is 17.8. The van der Waals surface area contributed by atoms with E-state index in [1.165, 1.54) is 11.0 Å². The Labute approximate surface area is 150 Å².